The Kier molecular flexibility index (Phi) is 4.61. The van der Waals surface area contributed by atoms with E-state index in [0.717, 1.165) is 21.3 Å². The number of hydrogen-bond donors (Lipinski definition) is 0. The first kappa shape index (κ1) is 17.0. The molecule has 2 aromatic heterocycles. The molecule has 0 atom stereocenters. The van der Waals surface area contributed by atoms with Gasteiger partial charge in [-0.25, -0.2) is 0 Å². The maximum absolute atomic E-state index is 5.97. The second-order valence-electron chi connectivity index (χ2n) is 5.77. The average Bonchev–Trinajstić information content (AvgIpc) is 3.24. The molecule has 0 aliphatic heterocycles. The SMILES string of the molecule is COc1cccc2cc(-c3nnc(SCc4ccc(Cl)cc4)n3C)oc12. The molecule has 0 aliphatic rings. The number of hydrogen-bond acceptors (Lipinski definition) is 5. The number of benzene rings is 2. The quantitative estimate of drug-likeness (QED) is 0.443. The van der Waals surface area contributed by atoms with Crippen molar-refractivity contribution in [1.29, 1.82) is 0 Å². The molecule has 0 N–H and O–H groups in total. The van der Waals surface area contributed by atoms with Gasteiger partial charge in [-0.3, -0.25) is 0 Å². The fourth-order valence-corrected chi connectivity index (χ4v) is 3.68. The number of nitrogens with zero attached hydrogens (tertiary/aromatic N) is 3. The number of aromatic nitrogens is 3. The van der Waals surface area contributed by atoms with Gasteiger partial charge in [0.05, 0.1) is 7.11 Å². The van der Waals surface area contributed by atoms with Crippen LogP contribution < -0.4 is 4.74 Å². The van der Waals surface area contributed by atoms with Gasteiger partial charge in [-0.1, -0.05) is 47.6 Å². The molecular formula is C19H16ClN3O2S. The highest BCUT2D eigenvalue weighted by molar-refractivity contribution is 7.98. The van der Waals surface area contributed by atoms with Gasteiger partial charge < -0.3 is 13.7 Å². The molecule has 0 amide bonds. The van der Waals surface area contributed by atoms with Crippen LogP contribution in [0.2, 0.25) is 5.02 Å². The number of halogens is 1. The van der Waals surface area contributed by atoms with E-state index >= 15 is 0 Å². The minimum Gasteiger partial charge on any atom is -0.493 e. The second kappa shape index (κ2) is 7.05. The topological polar surface area (TPSA) is 53.1 Å². The molecule has 0 unspecified atom stereocenters. The number of thioether (sulfide) groups is 1. The van der Waals surface area contributed by atoms with E-state index in [-0.39, 0.29) is 0 Å². The Morgan fingerprint density at radius 2 is 1.96 bits per heavy atom. The maximum atomic E-state index is 5.97. The van der Waals surface area contributed by atoms with Crippen LogP contribution in [0.4, 0.5) is 0 Å². The summed E-state index contributed by atoms with van der Waals surface area (Å²) in [5.74, 6) is 2.84. The Bertz CT molecular complexity index is 1060. The molecule has 4 aromatic rings. The molecule has 0 saturated carbocycles. The molecule has 2 aromatic carbocycles. The van der Waals surface area contributed by atoms with Crippen LogP contribution in [0.15, 0.2) is 58.1 Å². The van der Waals surface area contributed by atoms with Gasteiger partial charge in [0.1, 0.15) is 0 Å². The zero-order valence-electron chi connectivity index (χ0n) is 14.3. The van der Waals surface area contributed by atoms with E-state index in [0.29, 0.717) is 22.9 Å². The lowest BCUT2D eigenvalue weighted by atomic mass is 10.2. The molecule has 0 aliphatic carbocycles. The van der Waals surface area contributed by atoms with Crippen molar-refractivity contribution >= 4 is 34.3 Å². The summed E-state index contributed by atoms with van der Waals surface area (Å²) >= 11 is 7.54. The van der Waals surface area contributed by atoms with Crippen molar-refractivity contribution in [3.05, 3.63) is 59.1 Å². The molecule has 0 radical (unpaired) electrons. The lowest BCUT2D eigenvalue weighted by Crippen LogP contribution is -1.94. The number of ether oxygens (including phenoxy) is 1. The summed E-state index contributed by atoms with van der Waals surface area (Å²) in [4.78, 5) is 0. The first-order valence-corrected chi connectivity index (χ1v) is 9.35. The lowest BCUT2D eigenvalue weighted by Gasteiger charge is -2.03. The number of fused-ring (bicyclic) bond motifs is 1. The lowest BCUT2D eigenvalue weighted by molar-refractivity contribution is 0.410. The smallest absolute Gasteiger partial charge is 0.200 e. The highest BCUT2D eigenvalue weighted by Gasteiger charge is 2.17. The van der Waals surface area contributed by atoms with Crippen LogP contribution in [0.5, 0.6) is 5.75 Å². The molecule has 7 heteroatoms. The van der Waals surface area contributed by atoms with Gasteiger partial charge in [-0.2, -0.15) is 0 Å². The van der Waals surface area contributed by atoms with Crippen LogP contribution in [-0.2, 0) is 12.8 Å². The van der Waals surface area contributed by atoms with Crippen LogP contribution in [0, 0.1) is 0 Å². The van der Waals surface area contributed by atoms with E-state index in [4.69, 9.17) is 20.8 Å². The predicted octanol–water partition coefficient (Wildman–Crippen LogP) is 5.18. The molecule has 0 saturated heterocycles. The van der Waals surface area contributed by atoms with Crippen molar-refractivity contribution in [2.24, 2.45) is 7.05 Å². The summed E-state index contributed by atoms with van der Waals surface area (Å²) in [6.07, 6.45) is 0. The number of para-hydroxylation sites is 1. The van der Waals surface area contributed by atoms with Crippen molar-refractivity contribution in [3.63, 3.8) is 0 Å². The van der Waals surface area contributed by atoms with Crippen LogP contribution in [-0.4, -0.2) is 21.9 Å². The average molecular weight is 386 g/mol. The Hall–Kier alpha value is -2.44. The fraction of sp³-hybridized carbons (Fsp3) is 0.158. The van der Waals surface area contributed by atoms with Gasteiger partial charge in [-0.05, 0) is 29.8 Å². The number of furan rings is 1. The Morgan fingerprint density at radius 3 is 2.73 bits per heavy atom. The summed E-state index contributed by atoms with van der Waals surface area (Å²) in [5, 5.41) is 11.1. The monoisotopic (exact) mass is 385 g/mol. The molecule has 0 spiro atoms. The third-order valence-corrected chi connectivity index (χ3v) is 5.41. The summed E-state index contributed by atoms with van der Waals surface area (Å²) in [6.45, 7) is 0. The zero-order chi connectivity index (χ0) is 18.1. The molecule has 0 bridgehead atoms. The Morgan fingerprint density at radius 1 is 1.15 bits per heavy atom. The van der Waals surface area contributed by atoms with Gasteiger partial charge >= 0.3 is 0 Å². The first-order valence-electron chi connectivity index (χ1n) is 7.99. The van der Waals surface area contributed by atoms with Gasteiger partial charge in [0, 0.05) is 23.2 Å². The predicted molar refractivity (Wildman–Crippen MR) is 104 cm³/mol. The van der Waals surface area contributed by atoms with E-state index in [2.05, 4.69) is 10.2 Å². The highest BCUT2D eigenvalue weighted by Crippen LogP contribution is 2.33. The standard InChI is InChI=1S/C19H16ClN3O2S/c1-23-18(16-10-13-4-3-5-15(24-2)17(13)25-16)21-22-19(23)26-11-12-6-8-14(20)9-7-12/h3-10H,11H2,1-2H3. The van der Waals surface area contributed by atoms with Gasteiger partial charge in [0.2, 0.25) is 0 Å². The van der Waals surface area contributed by atoms with E-state index < -0.39 is 0 Å². The summed E-state index contributed by atoms with van der Waals surface area (Å²) in [5.41, 5.74) is 1.89. The van der Waals surface area contributed by atoms with Crippen molar-refractivity contribution in [2.75, 3.05) is 7.11 Å². The van der Waals surface area contributed by atoms with E-state index in [1.807, 2.05) is 60.1 Å². The third kappa shape index (κ3) is 3.18. The van der Waals surface area contributed by atoms with Gasteiger partial charge in [0.15, 0.2) is 28.1 Å². The van der Waals surface area contributed by atoms with Gasteiger partial charge in [0.25, 0.3) is 0 Å². The Labute approximate surface area is 159 Å². The maximum Gasteiger partial charge on any atom is 0.200 e. The summed E-state index contributed by atoms with van der Waals surface area (Å²) < 4.78 is 13.3. The molecular weight excluding hydrogens is 370 g/mol. The molecule has 2 heterocycles. The van der Waals surface area contributed by atoms with Crippen molar-refractivity contribution in [2.45, 2.75) is 10.9 Å². The van der Waals surface area contributed by atoms with E-state index in [1.165, 1.54) is 5.56 Å². The van der Waals surface area contributed by atoms with Crippen molar-refractivity contribution in [3.8, 4) is 17.3 Å². The first-order chi connectivity index (χ1) is 12.7. The van der Waals surface area contributed by atoms with Crippen molar-refractivity contribution in [1.82, 2.24) is 14.8 Å². The van der Waals surface area contributed by atoms with Crippen LogP contribution in [0.1, 0.15) is 5.56 Å². The minimum atomic E-state index is 0.665. The van der Waals surface area contributed by atoms with Gasteiger partial charge in [-0.15, -0.1) is 10.2 Å². The fourth-order valence-electron chi connectivity index (χ4n) is 2.69. The molecule has 0 fully saturated rings. The van der Waals surface area contributed by atoms with E-state index in [1.54, 1.807) is 18.9 Å². The van der Waals surface area contributed by atoms with E-state index in [9.17, 15) is 0 Å². The zero-order valence-corrected chi connectivity index (χ0v) is 15.8. The second-order valence-corrected chi connectivity index (χ2v) is 7.15. The molecule has 4 rings (SSSR count). The van der Waals surface area contributed by atoms with Crippen LogP contribution in [0.3, 0.4) is 0 Å². The molecule has 26 heavy (non-hydrogen) atoms. The van der Waals surface area contributed by atoms with Crippen LogP contribution in [0.25, 0.3) is 22.6 Å². The van der Waals surface area contributed by atoms with Crippen molar-refractivity contribution < 1.29 is 9.15 Å². The third-order valence-electron chi connectivity index (χ3n) is 4.06. The molecule has 132 valence electrons. The minimum absolute atomic E-state index is 0.665. The summed E-state index contributed by atoms with van der Waals surface area (Å²) in [7, 11) is 3.56. The number of rotatable bonds is 5. The Balaban J connectivity index is 1.60. The molecule has 5 nitrogen and oxygen atoms in total. The normalized spacial score (nSPS) is 11.2. The largest absolute Gasteiger partial charge is 0.493 e. The number of methoxy groups -OCH3 is 1. The highest BCUT2D eigenvalue weighted by atomic mass is 35.5. The summed E-state index contributed by atoms with van der Waals surface area (Å²) in [6, 6.07) is 15.6. The van der Waals surface area contributed by atoms with Crippen LogP contribution >= 0.6 is 23.4 Å².